The van der Waals surface area contributed by atoms with Crippen LogP contribution in [0.4, 0.5) is 0 Å². The second kappa shape index (κ2) is 6.08. The highest BCUT2D eigenvalue weighted by molar-refractivity contribution is 6.17. The third-order valence-electron chi connectivity index (χ3n) is 2.74. The lowest BCUT2D eigenvalue weighted by Gasteiger charge is -2.14. The van der Waals surface area contributed by atoms with Crippen molar-refractivity contribution in [2.45, 2.75) is 44.9 Å². The van der Waals surface area contributed by atoms with E-state index in [0.29, 0.717) is 5.88 Å². The summed E-state index contributed by atoms with van der Waals surface area (Å²) in [5.41, 5.74) is 2.67. The third-order valence-corrected chi connectivity index (χ3v) is 3.04. The van der Waals surface area contributed by atoms with Gasteiger partial charge in [-0.1, -0.05) is 44.5 Å². The smallest absolute Gasteiger partial charge is 0.0474 e. The summed E-state index contributed by atoms with van der Waals surface area (Å²) in [5, 5.41) is 0. The predicted octanol–water partition coefficient (Wildman–Crippen LogP) is 4.72. The van der Waals surface area contributed by atoms with Gasteiger partial charge in [-0.2, -0.15) is 0 Å². The average molecular weight is 211 g/mol. The topological polar surface area (TPSA) is 0 Å². The van der Waals surface area contributed by atoms with Crippen molar-refractivity contribution in [1.29, 1.82) is 0 Å². The third kappa shape index (κ3) is 3.02. The molecule has 0 amide bonds. The summed E-state index contributed by atoms with van der Waals surface area (Å²) >= 11 is 5.75. The fourth-order valence-corrected chi connectivity index (χ4v) is 2.01. The van der Waals surface area contributed by atoms with Gasteiger partial charge in [0.1, 0.15) is 0 Å². The molecule has 1 aromatic rings. The Kier molecular flexibility index (Phi) is 5.03. The Morgan fingerprint density at radius 3 is 2.21 bits per heavy atom. The average Bonchev–Trinajstić information content (AvgIpc) is 2.26. The molecule has 78 valence electrons. The van der Waals surface area contributed by atoms with Crippen LogP contribution in [0, 0.1) is 0 Å². The molecular weight excluding hydrogens is 192 g/mol. The summed E-state index contributed by atoms with van der Waals surface area (Å²) in [6.45, 7) is 4.51. The summed E-state index contributed by atoms with van der Waals surface area (Å²) in [6.07, 6.45) is 3.78. The van der Waals surface area contributed by atoms with Gasteiger partial charge < -0.3 is 0 Å². The maximum atomic E-state index is 5.75. The van der Waals surface area contributed by atoms with Crippen LogP contribution in [0.2, 0.25) is 0 Å². The molecule has 1 unspecified atom stereocenters. The minimum Gasteiger partial charge on any atom is -0.122 e. The molecule has 0 aromatic heterocycles. The number of benzene rings is 1. The highest BCUT2D eigenvalue weighted by Crippen LogP contribution is 2.24. The minimum absolute atomic E-state index is 0.616. The van der Waals surface area contributed by atoms with Gasteiger partial charge in [0, 0.05) is 5.88 Å². The van der Waals surface area contributed by atoms with E-state index >= 15 is 0 Å². The molecule has 0 aliphatic carbocycles. The molecule has 0 fully saturated rings. The van der Waals surface area contributed by atoms with E-state index in [4.69, 9.17) is 11.6 Å². The Bertz CT molecular complexity index is 250. The van der Waals surface area contributed by atoms with Crippen LogP contribution < -0.4 is 0 Å². The normalized spacial score (nSPS) is 12.8. The molecule has 0 N–H and O–H groups in total. The molecular formula is C13H19Cl. The Morgan fingerprint density at radius 1 is 1.14 bits per heavy atom. The number of alkyl halides is 1. The SMILES string of the molecule is CCCC(CC)c1ccc(CCl)cc1. The number of halogens is 1. The quantitative estimate of drug-likeness (QED) is 0.617. The van der Waals surface area contributed by atoms with Crippen LogP contribution in [0.3, 0.4) is 0 Å². The molecule has 1 heteroatoms. The molecule has 1 aromatic carbocycles. The molecule has 0 spiro atoms. The molecule has 0 saturated heterocycles. The second-order valence-electron chi connectivity index (χ2n) is 3.77. The Labute approximate surface area is 92.3 Å². The van der Waals surface area contributed by atoms with E-state index in [1.54, 1.807) is 0 Å². The van der Waals surface area contributed by atoms with Gasteiger partial charge in [-0.25, -0.2) is 0 Å². The van der Waals surface area contributed by atoms with Crippen molar-refractivity contribution >= 4 is 11.6 Å². The Balaban J connectivity index is 2.73. The second-order valence-corrected chi connectivity index (χ2v) is 4.04. The lowest BCUT2D eigenvalue weighted by Crippen LogP contribution is -1.96. The molecule has 0 aliphatic rings. The molecule has 0 heterocycles. The zero-order valence-electron chi connectivity index (χ0n) is 9.09. The Hall–Kier alpha value is -0.490. The van der Waals surface area contributed by atoms with Crippen molar-refractivity contribution in [1.82, 2.24) is 0 Å². The molecule has 1 rings (SSSR count). The number of hydrogen-bond acceptors (Lipinski definition) is 0. The highest BCUT2D eigenvalue weighted by atomic mass is 35.5. The summed E-state index contributed by atoms with van der Waals surface area (Å²) in [4.78, 5) is 0. The largest absolute Gasteiger partial charge is 0.122 e. The molecule has 14 heavy (non-hydrogen) atoms. The van der Waals surface area contributed by atoms with E-state index in [1.165, 1.54) is 30.4 Å². The van der Waals surface area contributed by atoms with E-state index in [-0.39, 0.29) is 0 Å². The van der Waals surface area contributed by atoms with Crippen LogP contribution in [0.1, 0.15) is 50.2 Å². The predicted molar refractivity (Wildman–Crippen MR) is 63.9 cm³/mol. The standard InChI is InChI=1S/C13H19Cl/c1-3-5-12(4-2)13-8-6-11(10-14)7-9-13/h6-9,12H,3-5,10H2,1-2H3. The van der Waals surface area contributed by atoms with Crippen LogP contribution in [0.15, 0.2) is 24.3 Å². The van der Waals surface area contributed by atoms with E-state index < -0.39 is 0 Å². The zero-order chi connectivity index (χ0) is 10.4. The molecule has 0 nitrogen and oxygen atoms in total. The van der Waals surface area contributed by atoms with Gasteiger partial charge in [-0.05, 0) is 29.9 Å². The van der Waals surface area contributed by atoms with Crippen LogP contribution in [0.25, 0.3) is 0 Å². The van der Waals surface area contributed by atoms with Gasteiger partial charge in [-0.15, -0.1) is 11.6 Å². The summed E-state index contributed by atoms with van der Waals surface area (Å²) in [5.74, 6) is 1.34. The van der Waals surface area contributed by atoms with Gasteiger partial charge in [-0.3, -0.25) is 0 Å². The van der Waals surface area contributed by atoms with Gasteiger partial charge in [0.2, 0.25) is 0 Å². The van der Waals surface area contributed by atoms with E-state index in [2.05, 4.69) is 38.1 Å². The highest BCUT2D eigenvalue weighted by Gasteiger charge is 2.07. The van der Waals surface area contributed by atoms with Crippen LogP contribution in [-0.2, 0) is 5.88 Å². The van der Waals surface area contributed by atoms with Crippen molar-refractivity contribution in [2.24, 2.45) is 0 Å². The number of hydrogen-bond donors (Lipinski definition) is 0. The van der Waals surface area contributed by atoms with Gasteiger partial charge in [0.15, 0.2) is 0 Å². The maximum absolute atomic E-state index is 5.75. The fraction of sp³-hybridized carbons (Fsp3) is 0.538. The fourth-order valence-electron chi connectivity index (χ4n) is 1.83. The molecule has 0 saturated carbocycles. The molecule has 0 aliphatic heterocycles. The maximum Gasteiger partial charge on any atom is 0.0474 e. The van der Waals surface area contributed by atoms with E-state index in [0.717, 1.165) is 5.92 Å². The Morgan fingerprint density at radius 2 is 1.79 bits per heavy atom. The first kappa shape index (κ1) is 11.6. The van der Waals surface area contributed by atoms with Crippen molar-refractivity contribution in [3.8, 4) is 0 Å². The lowest BCUT2D eigenvalue weighted by molar-refractivity contribution is 0.596. The van der Waals surface area contributed by atoms with Crippen LogP contribution in [-0.4, -0.2) is 0 Å². The number of rotatable bonds is 5. The summed E-state index contributed by atoms with van der Waals surface area (Å²) in [6, 6.07) is 8.73. The first-order valence-corrected chi connectivity index (χ1v) is 6.00. The lowest BCUT2D eigenvalue weighted by atomic mass is 9.92. The van der Waals surface area contributed by atoms with Crippen molar-refractivity contribution in [3.05, 3.63) is 35.4 Å². The van der Waals surface area contributed by atoms with Gasteiger partial charge in [0.05, 0.1) is 0 Å². The first-order chi connectivity index (χ1) is 6.81. The first-order valence-electron chi connectivity index (χ1n) is 5.46. The van der Waals surface area contributed by atoms with Gasteiger partial charge >= 0.3 is 0 Å². The zero-order valence-corrected chi connectivity index (χ0v) is 9.85. The van der Waals surface area contributed by atoms with Crippen molar-refractivity contribution < 1.29 is 0 Å². The van der Waals surface area contributed by atoms with Crippen LogP contribution in [0.5, 0.6) is 0 Å². The summed E-state index contributed by atoms with van der Waals surface area (Å²) < 4.78 is 0. The van der Waals surface area contributed by atoms with E-state index in [1.807, 2.05) is 0 Å². The van der Waals surface area contributed by atoms with Crippen LogP contribution >= 0.6 is 11.6 Å². The van der Waals surface area contributed by atoms with Crippen molar-refractivity contribution in [3.63, 3.8) is 0 Å². The summed E-state index contributed by atoms with van der Waals surface area (Å²) in [7, 11) is 0. The van der Waals surface area contributed by atoms with Crippen molar-refractivity contribution in [2.75, 3.05) is 0 Å². The van der Waals surface area contributed by atoms with Gasteiger partial charge in [0.25, 0.3) is 0 Å². The molecule has 0 radical (unpaired) electrons. The molecule has 1 atom stereocenters. The van der Waals surface area contributed by atoms with E-state index in [9.17, 15) is 0 Å². The monoisotopic (exact) mass is 210 g/mol. The molecule has 0 bridgehead atoms. The minimum atomic E-state index is 0.616.